The Bertz CT molecular complexity index is 1270. The Balaban J connectivity index is 4.43. The predicted molar refractivity (Wildman–Crippen MR) is 279 cm³/mol. The number of esters is 3. The topological polar surface area (TPSA) is 78.9 Å². The quantitative estimate of drug-likeness (QED) is 0.0199. The Kier molecular flexibility index (Phi) is 50.4. The predicted octanol–water partition coefficient (Wildman–Crippen LogP) is 18.0. The summed E-state index contributed by atoms with van der Waals surface area (Å²) in [6.07, 6.45) is 68.5. The van der Waals surface area contributed by atoms with E-state index in [9.17, 15) is 14.4 Å². The number of ether oxygens (including phenoxy) is 3. The lowest BCUT2D eigenvalue weighted by Gasteiger charge is -2.18. The van der Waals surface area contributed by atoms with Crippen LogP contribution < -0.4 is 0 Å². The van der Waals surface area contributed by atoms with Crippen molar-refractivity contribution in [2.45, 2.75) is 258 Å². The highest BCUT2D eigenvalue weighted by molar-refractivity contribution is 5.71. The first kappa shape index (κ1) is 61.6. The molecule has 0 rings (SSSR count). The lowest BCUT2D eigenvalue weighted by molar-refractivity contribution is -0.167. The molecule has 0 aromatic heterocycles. The standard InChI is InChI=1S/C59H100O6/c1-4-7-10-13-16-19-22-24-26-28-29-31-32-34-37-40-43-46-49-52-58(61)64-55-56(54-63-57(60)51-48-45-42-39-36-21-18-15-12-9-6-3)65-59(62)53-50-47-44-41-38-35-33-30-27-25-23-20-17-14-11-8-5-2/h8,11,14,17,20,23,25,27-30,33,35,38,56H,4-7,9-10,12-13,15-16,18-19,21-22,24,26,31-32,34,36-37,39-55H2,1-3H3/b11-8-,17-14-,23-20-,27-25-,29-28-,33-30+,38-35-. The molecule has 0 aliphatic rings. The molecular weight excluding hydrogens is 805 g/mol. The average molecular weight is 905 g/mol. The van der Waals surface area contributed by atoms with Crippen molar-refractivity contribution in [3.8, 4) is 0 Å². The van der Waals surface area contributed by atoms with E-state index in [0.717, 1.165) is 64.2 Å². The van der Waals surface area contributed by atoms with Gasteiger partial charge < -0.3 is 14.2 Å². The number of hydrogen-bond acceptors (Lipinski definition) is 6. The SMILES string of the molecule is CC\C=C/C=C\C=C/C=C\C=C\C=C/CCCCCC(=O)OC(COC(=O)CCCCCCCCC/C=C\CCCCCCCCCC)COC(=O)CCCCCCCCCCCCC. The number of hydrogen-bond donors (Lipinski definition) is 0. The third-order valence-electron chi connectivity index (χ3n) is 11.5. The zero-order valence-electron chi connectivity index (χ0n) is 42.5. The molecule has 0 bridgehead atoms. The molecule has 1 unspecified atom stereocenters. The Hall–Kier alpha value is -3.41. The minimum atomic E-state index is -0.800. The summed E-state index contributed by atoms with van der Waals surface area (Å²) < 4.78 is 16.8. The molecule has 0 N–H and O–H groups in total. The number of carbonyl (C=O) groups is 3. The lowest BCUT2D eigenvalue weighted by atomic mass is 10.1. The lowest BCUT2D eigenvalue weighted by Crippen LogP contribution is -2.30. The molecule has 0 spiro atoms. The first-order chi connectivity index (χ1) is 32.0. The zero-order chi connectivity index (χ0) is 47.2. The molecule has 1 atom stereocenters. The zero-order valence-corrected chi connectivity index (χ0v) is 42.5. The van der Waals surface area contributed by atoms with Crippen LogP contribution in [0.1, 0.15) is 252 Å². The minimum absolute atomic E-state index is 0.0948. The van der Waals surface area contributed by atoms with Gasteiger partial charge in [-0.25, -0.2) is 0 Å². The molecule has 0 fully saturated rings. The third-order valence-corrected chi connectivity index (χ3v) is 11.5. The summed E-state index contributed by atoms with van der Waals surface area (Å²) >= 11 is 0. The van der Waals surface area contributed by atoms with Gasteiger partial charge in [-0.1, -0.05) is 254 Å². The first-order valence-electron chi connectivity index (χ1n) is 27.2. The summed E-state index contributed by atoms with van der Waals surface area (Å²) in [6, 6.07) is 0. The third kappa shape index (κ3) is 51.4. The van der Waals surface area contributed by atoms with Crippen LogP contribution in [0.3, 0.4) is 0 Å². The van der Waals surface area contributed by atoms with Crippen LogP contribution in [0.2, 0.25) is 0 Å². The van der Waals surface area contributed by atoms with Crippen LogP contribution in [0.15, 0.2) is 85.1 Å². The fourth-order valence-corrected chi connectivity index (χ4v) is 7.47. The number of unbranched alkanes of at least 4 members (excludes halogenated alkanes) is 28. The maximum Gasteiger partial charge on any atom is 0.306 e. The van der Waals surface area contributed by atoms with Crippen LogP contribution >= 0.6 is 0 Å². The van der Waals surface area contributed by atoms with Gasteiger partial charge in [-0.05, 0) is 64.2 Å². The Morgan fingerprint density at radius 1 is 0.323 bits per heavy atom. The van der Waals surface area contributed by atoms with E-state index in [1.165, 1.54) is 141 Å². The molecule has 0 aliphatic carbocycles. The van der Waals surface area contributed by atoms with Crippen molar-refractivity contribution in [1.82, 2.24) is 0 Å². The summed E-state index contributed by atoms with van der Waals surface area (Å²) in [7, 11) is 0. The molecule has 372 valence electrons. The molecule has 0 saturated heterocycles. The Morgan fingerprint density at radius 2 is 0.615 bits per heavy atom. The van der Waals surface area contributed by atoms with Crippen molar-refractivity contribution in [3.63, 3.8) is 0 Å². The van der Waals surface area contributed by atoms with Crippen molar-refractivity contribution in [2.75, 3.05) is 13.2 Å². The van der Waals surface area contributed by atoms with Crippen LogP contribution in [0, 0.1) is 0 Å². The van der Waals surface area contributed by atoms with Crippen molar-refractivity contribution in [2.24, 2.45) is 0 Å². The molecular formula is C59H100O6. The molecule has 6 nitrogen and oxygen atoms in total. The molecule has 0 heterocycles. The smallest absolute Gasteiger partial charge is 0.306 e. The monoisotopic (exact) mass is 905 g/mol. The molecule has 0 amide bonds. The maximum atomic E-state index is 12.8. The van der Waals surface area contributed by atoms with Crippen molar-refractivity contribution >= 4 is 17.9 Å². The molecule has 0 aliphatic heterocycles. The summed E-state index contributed by atoms with van der Waals surface area (Å²) in [5.74, 6) is -0.941. The van der Waals surface area contributed by atoms with Crippen LogP contribution in [-0.2, 0) is 28.6 Å². The highest BCUT2D eigenvalue weighted by Crippen LogP contribution is 2.15. The van der Waals surface area contributed by atoms with Gasteiger partial charge in [-0.15, -0.1) is 0 Å². The number of rotatable bonds is 48. The molecule has 0 radical (unpaired) electrons. The molecule has 0 aromatic rings. The highest BCUT2D eigenvalue weighted by atomic mass is 16.6. The van der Waals surface area contributed by atoms with Gasteiger partial charge in [0.15, 0.2) is 6.10 Å². The van der Waals surface area contributed by atoms with E-state index in [2.05, 4.69) is 45.1 Å². The maximum absolute atomic E-state index is 12.8. The normalized spacial score (nSPS) is 12.7. The minimum Gasteiger partial charge on any atom is -0.462 e. The van der Waals surface area contributed by atoms with E-state index in [-0.39, 0.29) is 37.5 Å². The largest absolute Gasteiger partial charge is 0.462 e. The van der Waals surface area contributed by atoms with E-state index >= 15 is 0 Å². The molecule has 65 heavy (non-hydrogen) atoms. The van der Waals surface area contributed by atoms with Crippen molar-refractivity contribution < 1.29 is 28.6 Å². The summed E-state index contributed by atoms with van der Waals surface area (Å²) in [5, 5.41) is 0. The van der Waals surface area contributed by atoms with Gasteiger partial charge in [0.2, 0.25) is 0 Å². The van der Waals surface area contributed by atoms with E-state index in [0.29, 0.717) is 19.3 Å². The van der Waals surface area contributed by atoms with Crippen LogP contribution in [0.5, 0.6) is 0 Å². The summed E-state index contributed by atoms with van der Waals surface area (Å²) in [5.41, 5.74) is 0. The van der Waals surface area contributed by atoms with Gasteiger partial charge in [0.05, 0.1) is 0 Å². The van der Waals surface area contributed by atoms with Crippen LogP contribution in [-0.4, -0.2) is 37.2 Å². The van der Waals surface area contributed by atoms with Gasteiger partial charge in [0.25, 0.3) is 0 Å². The summed E-state index contributed by atoms with van der Waals surface area (Å²) in [6.45, 7) is 6.45. The van der Waals surface area contributed by atoms with Crippen molar-refractivity contribution in [3.05, 3.63) is 85.1 Å². The first-order valence-corrected chi connectivity index (χ1v) is 27.2. The molecule has 0 saturated carbocycles. The van der Waals surface area contributed by atoms with E-state index in [4.69, 9.17) is 14.2 Å². The average Bonchev–Trinajstić information content (AvgIpc) is 3.30. The second-order valence-corrected chi connectivity index (χ2v) is 17.9. The van der Waals surface area contributed by atoms with Gasteiger partial charge in [0, 0.05) is 19.3 Å². The number of carbonyl (C=O) groups excluding carboxylic acids is 3. The van der Waals surface area contributed by atoms with E-state index in [1.807, 2.05) is 60.8 Å². The fourth-order valence-electron chi connectivity index (χ4n) is 7.47. The highest BCUT2D eigenvalue weighted by Gasteiger charge is 2.19. The molecule has 6 heteroatoms. The van der Waals surface area contributed by atoms with Gasteiger partial charge in [-0.3, -0.25) is 14.4 Å². The van der Waals surface area contributed by atoms with E-state index in [1.54, 1.807) is 0 Å². The van der Waals surface area contributed by atoms with Crippen molar-refractivity contribution in [1.29, 1.82) is 0 Å². The number of allylic oxidation sites excluding steroid dienone is 14. The van der Waals surface area contributed by atoms with Crippen LogP contribution in [0.25, 0.3) is 0 Å². The second-order valence-electron chi connectivity index (χ2n) is 17.9. The fraction of sp³-hybridized carbons (Fsp3) is 0.712. The second kappa shape index (κ2) is 53.2. The van der Waals surface area contributed by atoms with E-state index < -0.39 is 6.10 Å². The summed E-state index contributed by atoms with van der Waals surface area (Å²) in [4.78, 5) is 38.0. The van der Waals surface area contributed by atoms with Gasteiger partial charge in [-0.2, -0.15) is 0 Å². The van der Waals surface area contributed by atoms with Crippen LogP contribution in [0.4, 0.5) is 0 Å². The Morgan fingerprint density at radius 3 is 1.00 bits per heavy atom. The Labute approximate surface area is 401 Å². The van der Waals surface area contributed by atoms with Gasteiger partial charge >= 0.3 is 17.9 Å². The molecule has 0 aromatic carbocycles. The van der Waals surface area contributed by atoms with Gasteiger partial charge in [0.1, 0.15) is 13.2 Å².